The first-order valence-electron chi connectivity index (χ1n) is 9.27. The molecule has 1 unspecified atom stereocenters. The minimum absolute atomic E-state index is 0. The van der Waals surface area contributed by atoms with Crippen LogP contribution < -0.4 is 26.6 Å². The summed E-state index contributed by atoms with van der Waals surface area (Å²) in [6.45, 7) is 3.13. The molecule has 0 bridgehead atoms. The zero-order chi connectivity index (χ0) is 19.0. The van der Waals surface area contributed by atoms with Crippen LogP contribution in [-0.2, 0) is 12.1 Å². The third-order valence-corrected chi connectivity index (χ3v) is 6.50. The van der Waals surface area contributed by atoms with Crippen molar-refractivity contribution < 1.29 is 35.8 Å². The molecule has 7 heteroatoms. The lowest BCUT2D eigenvalue weighted by Crippen LogP contribution is -3.00. The van der Waals surface area contributed by atoms with Crippen LogP contribution in [0.4, 0.5) is 10.1 Å². The fourth-order valence-corrected chi connectivity index (χ4v) is 4.97. The Morgan fingerprint density at radius 1 is 1.25 bits per heavy atom. The molecule has 0 aromatic heterocycles. The summed E-state index contributed by atoms with van der Waals surface area (Å²) < 4.78 is 21.9. The van der Waals surface area contributed by atoms with E-state index in [1.165, 1.54) is 18.7 Å². The summed E-state index contributed by atoms with van der Waals surface area (Å²) in [7, 11) is 1.51. The average molecular weight is 467 g/mol. The molecule has 0 radical (unpaired) electrons. The van der Waals surface area contributed by atoms with Crippen molar-refractivity contribution in [1.82, 2.24) is 0 Å². The van der Waals surface area contributed by atoms with Crippen molar-refractivity contribution in [3.8, 4) is 5.75 Å². The van der Waals surface area contributed by atoms with E-state index < -0.39 is 11.5 Å². The highest BCUT2D eigenvalue weighted by molar-refractivity contribution is 8.13. The van der Waals surface area contributed by atoms with Gasteiger partial charge in [-0.25, -0.2) is 13.9 Å². The first kappa shape index (κ1) is 21.1. The Balaban J connectivity index is 0.00000225. The molecule has 1 N–H and O–H groups in total. The zero-order valence-electron chi connectivity index (χ0n) is 16.0. The predicted octanol–water partition coefficient (Wildman–Crippen LogP) is 0.571. The highest BCUT2D eigenvalue weighted by atomic mass is 79.9. The van der Waals surface area contributed by atoms with E-state index in [2.05, 4.69) is 36.1 Å². The van der Waals surface area contributed by atoms with Gasteiger partial charge in [-0.1, -0.05) is 19.1 Å². The first-order valence-corrected chi connectivity index (χ1v) is 10.3. The molecule has 2 aliphatic rings. The Bertz CT molecular complexity index is 890. The number of anilines is 1. The monoisotopic (exact) mass is 466 g/mol. The molecule has 4 nitrogen and oxygen atoms in total. The number of thioether (sulfide) groups is 1. The maximum absolute atomic E-state index is 14.8. The molecule has 2 aromatic rings. The molecule has 1 atom stereocenters. The Kier molecular flexibility index (Phi) is 6.37. The maximum atomic E-state index is 14.8. The number of hydrogen-bond donors (Lipinski definition) is 1. The van der Waals surface area contributed by atoms with E-state index in [9.17, 15) is 9.50 Å². The standard InChI is InChI=1S/C21H24FN2O2S.BrH/c1-3-15-5-7-16(8-6-15)23-14-21(25,24-11-4-12-27-20(23)24)18-10-9-17(26-2)13-19(18)22;/h5-10,13,25H,3-4,11-12,14H2,1-2H3;1H/q+1;/p-1. The van der Waals surface area contributed by atoms with Crippen molar-refractivity contribution in [3.05, 3.63) is 59.4 Å². The van der Waals surface area contributed by atoms with Gasteiger partial charge in [0.15, 0.2) is 6.54 Å². The van der Waals surface area contributed by atoms with Crippen molar-refractivity contribution in [2.75, 3.05) is 30.9 Å². The number of aryl methyl sites for hydroxylation is 1. The quantitative estimate of drug-likeness (QED) is 0.668. The van der Waals surface area contributed by atoms with Gasteiger partial charge in [0.1, 0.15) is 17.3 Å². The summed E-state index contributed by atoms with van der Waals surface area (Å²) in [6, 6.07) is 13.0. The SMILES string of the molecule is CCc1ccc(N2CC(O)(c3ccc(OC)cc3F)[N+]3=C2SCCC3)cc1.[Br-]. The van der Waals surface area contributed by atoms with Crippen molar-refractivity contribution in [3.63, 3.8) is 0 Å². The Hall–Kier alpha value is -1.57. The van der Waals surface area contributed by atoms with Crippen molar-refractivity contribution in [2.24, 2.45) is 0 Å². The lowest BCUT2D eigenvalue weighted by molar-refractivity contribution is -0.657. The number of nitrogens with zero attached hydrogens (tertiary/aromatic N) is 2. The summed E-state index contributed by atoms with van der Waals surface area (Å²) in [5.41, 5.74) is 1.18. The molecule has 0 fully saturated rings. The summed E-state index contributed by atoms with van der Waals surface area (Å²) in [4.78, 5) is 2.10. The van der Waals surface area contributed by atoms with Crippen LogP contribution in [0.25, 0.3) is 0 Å². The fraction of sp³-hybridized carbons (Fsp3) is 0.381. The molecule has 0 spiro atoms. The zero-order valence-corrected chi connectivity index (χ0v) is 18.4. The van der Waals surface area contributed by atoms with E-state index in [1.54, 1.807) is 23.9 Å². The number of ether oxygens (including phenoxy) is 1. The van der Waals surface area contributed by atoms with E-state index in [0.29, 0.717) is 18.8 Å². The van der Waals surface area contributed by atoms with Gasteiger partial charge in [0, 0.05) is 11.8 Å². The lowest BCUT2D eigenvalue weighted by Gasteiger charge is -2.24. The van der Waals surface area contributed by atoms with Gasteiger partial charge in [-0.2, -0.15) is 0 Å². The van der Waals surface area contributed by atoms with Crippen LogP contribution in [0.5, 0.6) is 5.75 Å². The van der Waals surface area contributed by atoms with Gasteiger partial charge in [0.25, 0.3) is 5.72 Å². The number of methoxy groups -OCH3 is 1. The minimum atomic E-state index is -1.40. The van der Waals surface area contributed by atoms with E-state index in [0.717, 1.165) is 29.4 Å². The molecule has 2 heterocycles. The molecular weight excluding hydrogens is 443 g/mol. The van der Waals surface area contributed by atoms with Gasteiger partial charge in [0.05, 0.1) is 19.2 Å². The number of β-amino-alcohol motifs (C(OH)–C–C–N with tert-alkyl or cyclic N) is 1. The summed E-state index contributed by atoms with van der Waals surface area (Å²) >= 11 is 1.72. The van der Waals surface area contributed by atoms with Crippen LogP contribution in [0.2, 0.25) is 0 Å². The van der Waals surface area contributed by atoms with Crippen LogP contribution in [0.3, 0.4) is 0 Å². The smallest absolute Gasteiger partial charge is 0.316 e. The van der Waals surface area contributed by atoms with Crippen LogP contribution in [-0.4, -0.2) is 40.8 Å². The van der Waals surface area contributed by atoms with Gasteiger partial charge in [-0.15, -0.1) is 0 Å². The topological polar surface area (TPSA) is 35.7 Å². The number of hydrogen-bond acceptors (Lipinski definition) is 4. The van der Waals surface area contributed by atoms with Crippen LogP contribution >= 0.6 is 11.8 Å². The summed E-state index contributed by atoms with van der Waals surface area (Å²) in [5, 5.41) is 12.6. The molecule has 0 saturated heterocycles. The van der Waals surface area contributed by atoms with Crippen LogP contribution in [0, 0.1) is 5.82 Å². The molecule has 0 aliphatic carbocycles. The molecule has 4 rings (SSSR count). The highest BCUT2D eigenvalue weighted by Crippen LogP contribution is 2.39. The summed E-state index contributed by atoms with van der Waals surface area (Å²) in [5.74, 6) is 0.994. The molecule has 0 amide bonds. The molecule has 150 valence electrons. The Morgan fingerprint density at radius 3 is 2.64 bits per heavy atom. The minimum Gasteiger partial charge on any atom is -1.00 e. The number of halogens is 2. The second-order valence-corrected chi connectivity index (χ2v) is 7.97. The van der Waals surface area contributed by atoms with E-state index in [4.69, 9.17) is 4.74 Å². The fourth-order valence-electron chi connectivity index (χ4n) is 3.79. The van der Waals surface area contributed by atoms with Gasteiger partial charge in [-0.05, 0) is 54.4 Å². The Labute approximate surface area is 179 Å². The number of benzene rings is 2. The summed E-state index contributed by atoms with van der Waals surface area (Å²) in [6.07, 6.45) is 1.94. The predicted molar refractivity (Wildman–Crippen MR) is 107 cm³/mol. The third kappa shape index (κ3) is 3.55. The van der Waals surface area contributed by atoms with E-state index >= 15 is 0 Å². The van der Waals surface area contributed by atoms with Crippen molar-refractivity contribution in [2.45, 2.75) is 25.5 Å². The second-order valence-electron chi connectivity index (χ2n) is 6.90. The Morgan fingerprint density at radius 2 is 2.00 bits per heavy atom. The second kappa shape index (κ2) is 8.43. The van der Waals surface area contributed by atoms with Gasteiger partial charge in [0.2, 0.25) is 0 Å². The number of aliphatic hydroxyl groups is 1. The van der Waals surface area contributed by atoms with Crippen molar-refractivity contribution in [1.29, 1.82) is 0 Å². The maximum Gasteiger partial charge on any atom is 0.316 e. The van der Waals surface area contributed by atoms with Gasteiger partial charge in [-0.3, -0.25) is 0 Å². The largest absolute Gasteiger partial charge is 1.00 e. The van der Waals surface area contributed by atoms with E-state index in [1.807, 2.05) is 4.58 Å². The number of rotatable bonds is 4. The van der Waals surface area contributed by atoms with Crippen LogP contribution in [0.15, 0.2) is 42.5 Å². The van der Waals surface area contributed by atoms with Gasteiger partial charge < -0.3 is 26.8 Å². The van der Waals surface area contributed by atoms with Crippen LogP contribution in [0.1, 0.15) is 24.5 Å². The van der Waals surface area contributed by atoms with Crippen molar-refractivity contribution >= 4 is 22.6 Å². The molecular formula is C21H24BrFN2O2S. The molecule has 2 aliphatic heterocycles. The normalized spacial score (nSPS) is 21.4. The number of amidine groups is 1. The average Bonchev–Trinajstić information content (AvgIpc) is 3.02. The van der Waals surface area contributed by atoms with Gasteiger partial charge >= 0.3 is 5.17 Å². The third-order valence-electron chi connectivity index (χ3n) is 5.31. The first-order chi connectivity index (χ1) is 13.1. The lowest BCUT2D eigenvalue weighted by atomic mass is 10.0. The highest BCUT2D eigenvalue weighted by Gasteiger charge is 2.54. The van der Waals surface area contributed by atoms with E-state index in [-0.39, 0.29) is 22.5 Å². The molecule has 2 aromatic carbocycles. The molecule has 28 heavy (non-hydrogen) atoms. The molecule has 0 saturated carbocycles.